The van der Waals surface area contributed by atoms with Gasteiger partial charge in [0.1, 0.15) is 6.61 Å². The van der Waals surface area contributed by atoms with Gasteiger partial charge in [-0.15, -0.1) is 0 Å². The van der Waals surface area contributed by atoms with Gasteiger partial charge >= 0.3 is 0 Å². The Morgan fingerprint density at radius 1 is 1.14 bits per heavy atom. The number of ether oxygens (including phenoxy) is 1. The summed E-state index contributed by atoms with van der Waals surface area (Å²) in [7, 11) is 0. The number of nitrogens with one attached hydrogen (secondary N) is 1. The summed E-state index contributed by atoms with van der Waals surface area (Å²) in [4.78, 5) is 26.5. The molecule has 2 aliphatic rings. The molecule has 1 spiro atoms. The van der Waals surface area contributed by atoms with E-state index in [-0.39, 0.29) is 17.7 Å². The van der Waals surface area contributed by atoms with E-state index in [1.54, 1.807) is 0 Å². The molecule has 3 N–H and O–H groups in total. The molecule has 1 amide bonds. The summed E-state index contributed by atoms with van der Waals surface area (Å²) in [5.74, 6) is 0.501. The first-order valence-electron chi connectivity index (χ1n) is 9.76. The summed E-state index contributed by atoms with van der Waals surface area (Å²) in [6, 6.07) is 9.77. The maximum atomic E-state index is 13.3. The highest BCUT2D eigenvalue weighted by molar-refractivity contribution is 6.16. The van der Waals surface area contributed by atoms with Crippen molar-refractivity contribution in [2.24, 2.45) is 10.4 Å². The first-order chi connectivity index (χ1) is 13.9. The number of amides is 1. The topological polar surface area (TPSA) is 102 Å². The van der Waals surface area contributed by atoms with Crippen LogP contribution in [0, 0.1) is 5.41 Å². The van der Waals surface area contributed by atoms with Gasteiger partial charge in [-0.05, 0) is 45.6 Å². The monoisotopic (exact) mass is 391 g/mol. The van der Waals surface area contributed by atoms with E-state index in [9.17, 15) is 4.79 Å². The van der Waals surface area contributed by atoms with E-state index in [1.165, 1.54) is 11.1 Å². The molecule has 1 aliphatic heterocycles. The Bertz CT molecular complexity index is 1030. The van der Waals surface area contributed by atoms with E-state index >= 15 is 0 Å². The molecule has 2 aromatic rings. The molecular formula is C22H25N5O2. The van der Waals surface area contributed by atoms with Gasteiger partial charge in [0.25, 0.3) is 0 Å². The van der Waals surface area contributed by atoms with Gasteiger partial charge in [-0.2, -0.15) is 9.97 Å². The Morgan fingerprint density at radius 2 is 1.90 bits per heavy atom. The standard InChI is InChI=1S/C22H25N5O2/c1-13-9-10-22(11-14(13)2)15(3)24-17-18(25-20(22)28)26-21(23)27-19(17)29-12-16-7-5-4-6-8-16/h4-8H,9-12H2,1-3H3,(H3,23,25,26,27,28). The van der Waals surface area contributed by atoms with Crippen molar-refractivity contribution in [2.75, 3.05) is 11.1 Å². The number of anilines is 2. The number of hydrogen-bond acceptors (Lipinski definition) is 6. The lowest BCUT2D eigenvalue weighted by molar-refractivity contribution is -0.122. The fraction of sp³-hybridized carbons (Fsp3) is 0.364. The minimum atomic E-state index is -0.685. The molecular weight excluding hydrogens is 366 g/mol. The van der Waals surface area contributed by atoms with Crippen LogP contribution in [-0.2, 0) is 11.4 Å². The molecule has 1 aromatic carbocycles. The lowest BCUT2D eigenvalue weighted by atomic mass is 9.68. The Labute approximate surface area is 170 Å². The van der Waals surface area contributed by atoms with Gasteiger partial charge in [0.05, 0.1) is 5.41 Å². The summed E-state index contributed by atoms with van der Waals surface area (Å²) in [6.45, 7) is 6.43. The number of fused-ring (bicyclic) bond motifs is 1. The van der Waals surface area contributed by atoms with Gasteiger partial charge in [-0.3, -0.25) is 4.79 Å². The summed E-state index contributed by atoms with van der Waals surface area (Å²) in [6.07, 6.45) is 2.24. The molecule has 0 fully saturated rings. The normalized spacial score (nSPS) is 21.3. The average molecular weight is 391 g/mol. The first kappa shape index (κ1) is 19.1. The Kier molecular flexibility index (Phi) is 4.82. The molecule has 1 aromatic heterocycles. The van der Waals surface area contributed by atoms with Gasteiger partial charge in [0.15, 0.2) is 11.5 Å². The molecule has 1 unspecified atom stereocenters. The quantitative estimate of drug-likeness (QED) is 0.764. The number of nitrogen functional groups attached to an aromatic ring is 1. The predicted octanol–water partition coefficient (Wildman–Crippen LogP) is 4.19. The SMILES string of the molecule is CC1=Nc2c(nc(N)nc2OCc2ccccc2)NC(=O)C12CCC(C)=C(C)C2. The minimum Gasteiger partial charge on any atom is -0.471 e. The highest BCUT2D eigenvalue weighted by Gasteiger charge is 2.45. The maximum Gasteiger partial charge on any atom is 0.247 e. The number of nitrogens with zero attached hydrogens (tertiary/aromatic N) is 3. The number of rotatable bonds is 3. The predicted molar refractivity (Wildman–Crippen MR) is 113 cm³/mol. The van der Waals surface area contributed by atoms with Crippen LogP contribution in [0.3, 0.4) is 0 Å². The number of carbonyl (C=O) groups is 1. The third-order valence-corrected chi connectivity index (χ3v) is 5.95. The second-order valence-corrected chi connectivity index (χ2v) is 7.83. The summed E-state index contributed by atoms with van der Waals surface area (Å²) < 4.78 is 5.93. The summed E-state index contributed by atoms with van der Waals surface area (Å²) in [5, 5.41) is 2.94. The van der Waals surface area contributed by atoms with Crippen molar-refractivity contribution in [1.82, 2.24) is 9.97 Å². The second-order valence-electron chi connectivity index (χ2n) is 7.83. The highest BCUT2D eigenvalue weighted by atomic mass is 16.5. The molecule has 7 heteroatoms. The van der Waals surface area contributed by atoms with Crippen molar-refractivity contribution in [2.45, 2.75) is 46.6 Å². The molecule has 4 rings (SSSR count). The van der Waals surface area contributed by atoms with Crippen LogP contribution in [-0.4, -0.2) is 21.6 Å². The van der Waals surface area contributed by atoms with E-state index < -0.39 is 5.41 Å². The van der Waals surface area contributed by atoms with E-state index in [1.807, 2.05) is 37.3 Å². The number of allylic oxidation sites excluding steroid dienone is 2. The number of hydrogen-bond donors (Lipinski definition) is 2. The zero-order valence-electron chi connectivity index (χ0n) is 17.0. The van der Waals surface area contributed by atoms with E-state index in [0.717, 1.165) is 17.7 Å². The lowest BCUT2D eigenvalue weighted by Gasteiger charge is -2.35. The maximum absolute atomic E-state index is 13.3. The van der Waals surface area contributed by atoms with Crippen LogP contribution in [0.25, 0.3) is 0 Å². The first-order valence-corrected chi connectivity index (χ1v) is 9.76. The van der Waals surface area contributed by atoms with Gasteiger partial charge in [-0.25, -0.2) is 4.99 Å². The number of nitrogens with two attached hydrogens (primary N) is 1. The molecule has 0 saturated carbocycles. The van der Waals surface area contributed by atoms with Crippen molar-refractivity contribution >= 4 is 29.1 Å². The molecule has 29 heavy (non-hydrogen) atoms. The van der Waals surface area contributed by atoms with E-state index in [0.29, 0.717) is 31.0 Å². The van der Waals surface area contributed by atoms with Gasteiger partial charge in [-0.1, -0.05) is 41.5 Å². The van der Waals surface area contributed by atoms with Crippen LogP contribution >= 0.6 is 0 Å². The molecule has 1 aliphatic carbocycles. The van der Waals surface area contributed by atoms with E-state index in [4.69, 9.17) is 15.5 Å². The second kappa shape index (κ2) is 7.31. The molecule has 0 radical (unpaired) electrons. The Hall–Kier alpha value is -3.22. The van der Waals surface area contributed by atoms with E-state index in [2.05, 4.69) is 29.1 Å². The minimum absolute atomic E-state index is 0.0338. The molecule has 2 heterocycles. The smallest absolute Gasteiger partial charge is 0.247 e. The van der Waals surface area contributed by atoms with Crippen molar-refractivity contribution in [3.63, 3.8) is 0 Å². The summed E-state index contributed by atoms with van der Waals surface area (Å²) in [5.41, 5.74) is 9.94. The van der Waals surface area contributed by atoms with Gasteiger partial charge < -0.3 is 15.8 Å². The van der Waals surface area contributed by atoms with Crippen LogP contribution in [0.2, 0.25) is 0 Å². The van der Waals surface area contributed by atoms with Gasteiger partial charge in [0, 0.05) is 5.71 Å². The fourth-order valence-corrected chi connectivity index (χ4v) is 3.94. The van der Waals surface area contributed by atoms with Crippen LogP contribution in [0.5, 0.6) is 5.88 Å². The van der Waals surface area contributed by atoms with Crippen LogP contribution in [0.4, 0.5) is 17.5 Å². The Morgan fingerprint density at radius 3 is 2.62 bits per heavy atom. The van der Waals surface area contributed by atoms with Crippen LogP contribution in [0.1, 0.15) is 45.6 Å². The largest absolute Gasteiger partial charge is 0.471 e. The average Bonchev–Trinajstić information content (AvgIpc) is 2.79. The van der Waals surface area contributed by atoms with Crippen molar-refractivity contribution in [1.29, 1.82) is 0 Å². The third kappa shape index (κ3) is 3.48. The number of carbonyl (C=O) groups excluding carboxylic acids is 1. The number of aliphatic imine (C=N–C) groups is 1. The Balaban J connectivity index is 1.73. The van der Waals surface area contributed by atoms with Crippen LogP contribution in [0.15, 0.2) is 46.5 Å². The number of benzene rings is 1. The van der Waals surface area contributed by atoms with Crippen molar-refractivity contribution in [3.05, 3.63) is 47.0 Å². The van der Waals surface area contributed by atoms with Crippen LogP contribution < -0.4 is 15.8 Å². The zero-order chi connectivity index (χ0) is 20.6. The van der Waals surface area contributed by atoms with Crippen molar-refractivity contribution < 1.29 is 9.53 Å². The molecule has 150 valence electrons. The van der Waals surface area contributed by atoms with Crippen molar-refractivity contribution in [3.8, 4) is 5.88 Å². The molecule has 1 atom stereocenters. The fourth-order valence-electron chi connectivity index (χ4n) is 3.94. The highest BCUT2D eigenvalue weighted by Crippen LogP contribution is 2.46. The summed E-state index contributed by atoms with van der Waals surface area (Å²) >= 11 is 0. The molecule has 0 bridgehead atoms. The molecule has 0 saturated heterocycles. The lowest BCUT2D eigenvalue weighted by Crippen LogP contribution is -2.43. The third-order valence-electron chi connectivity index (χ3n) is 5.95. The zero-order valence-corrected chi connectivity index (χ0v) is 17.0. The van der Waals surface area contributed by atoms with Gasteiger partial charge in [0.2, 0.25) is 17.7 Å². The number of aromatic nitrogens is 2. The molecule has 7 nitrogen and oxygen atoms in total.